The van der Waals surface area contributed by atoms with Crippen molar-refractivity contribution in [3.63, 3.8) is 0 Å². The zero-order valence-corrected chi connectivity index (χ0v) is 13.9. The number of phenols is 1. The second-order valence-corrected chi connectivity index (χ2v) is 5.39. The maximum atomic E-state index is 12.3. The van der Waals surface area contributed by atoms with E-state index in [0.717, 1.165) is 5.56 Å². The van der Waals surface area contributed by atoms with Gasteiger partial charge in [0.2, 0.25) is 0 Å². The van der Waals surface area contributed by atoms with E-state index in [2.05, 4.69) is 5.32 Å². The number of para-hydroxylation sites is 1. The molecule has 0 aliphatic carbocycles. The normalized spacial score (nSPS) is 10.8. The predicted molar refractivity (Wildman–Crippen MR) is 93.1 cm³/mol. The first kappa shape index (κ1) is 17.4. The number of nitrogens with one attached hydrogen (secondary N) is 1. The average molecular weight is 343 g/mol. The van der Waals surface area contributed by atoms with Crippen molar-refractivity contribution in [2.24, 2.45) is 0 Å². The molecule has 0 aromatic heterocycles. The van der Waals surface area contributed by atoms with Gasteiger partial charge in [-0.1, -0.05) is 29.8 Å². The van der Waals surface area contributed by atoms with E-state index in [-0.39, 0.29) is 17.1 Å². The number of phenolic OH excluding ortho intramolecular Hbond substituents is 1. The van der Waals surface area contributed by atoms with Gasteiger partial charge in [-0.05, 0) is 36.8 Å². The molecule has 0 saturated carbocycles. The summed E-state index contributed by atoms with van der Waals surface area (Å²) in [5.74, 6) is -0.481. The highest BCUT2D eigenvalue weighted by molar-refractivity contribution is 6.31. The van der Waals surface area contributed by atoms with Gasteiger partial charge in [0.1, 0.15) is 11.6 Å². The fourth-order valence-electron chi connectivity index (χ4n) is 1.99. The summed E-state index contributed by atoms with van der Waals surface area (Å²) in [5.41, 5.74) is 1.51. The molecule has 122 valence electrons. The van der Waals surface area contributed by atoms with Crippen LogP contribution in [0.25, 0.3) is 6.08 Å². The van der Waals surface area contributed by atoms with E-state index < -0.39 is 5.91 Å². The van der Waals surface area contributed by atoms with Gasteiger partial charge in [0.25, 0.3) is 5.91 Å². The van der Waals surface area contributed by atoms with Gasteiger partial charge >= 0.3 is 0 Å². The van der Waals surface area contributed by atoms with E-state index in [4.69, 9.17) is 16.3 Å². The molecule has 5 nitrogen and oxygen atoms in total. The van der Waals surface area contributed by atoms with E-state index in [1.54, 1.807) is 36.4 Å². The Balaban J connectivity index is 2.29. The largest absolute Gasteiger partial charge is 0.504 e. The van der Waals surface area contributed by atoms with Gasteiger partial charge in [0.15, 0.2) is 11.5 Å². The summed E-state index contributed by atoms with van der Waals surface area (Å²) >= 11 is 6.02. The SMILES string of the molecule is COc1cccc(C=C(C#N)C(=O)Nc2ccc(C)c(Cl)c2)c1O. The third kappa shape index (κ3) is 3.86. The summed E-state index contributed by atoms with van der Waals surface area (Å²) in [7, 11) is 1.42. The standard InChI is InChI=1S/C18H15ClN2O3/c1-11-6-7-14(9-15(11)19)21-18(23)13(10-20)8-12-4-3-5-16(24-2)17(12)22/h3-9,22H,1-2H3,(H,21,23). The summed E-state index contributed by atoms with van der Waals surface area (Å²) < 4.78 is 5.00. The number of hydrogen-bond acceptors (Lipinski definition) is 4. The topological polar surface area (TPSA) is 82.3 Å². The zero-order chi connectivity index (χ0) is 17.7. The molecule has 0 unspecified atom stereocenters. The molecule has 0 aliphatic heterocycles. The minimum absolute atomic E-state index is 0.140. The first-order valence-electron chi connectivity index (χ1n) is 7.01. The molecule has 0 heterocycles. The number of hydrogen-bond donors (Lipinski definition) is 2. The lowest BCUT2D eigenvalue weighted by molar-refractivity contribution is -0.112. The number of amides is 1. The summed E-state index contributed by atoms with van der Waals surface area (Å²) in [5, 5.41) is 22.4. The molecule has 0 saturated heterocycles. The molecule has 0 bridgehead atoms. The Morgan fingerprint density at radius 1 is 1.38 bits per heavy atom. The van der Waals surface area contributed by atoms with Crippen molar-refractivity contribution in [1.29, 1.82) is 5.26 Å². The first-order valence-corrected chi connectivity index (χ1v) is 7.39. The molecule has 2 N–H and O–H groups in total. The monoisotopic (exact) mass is 342 g/mol. The van der Waals surface area contributed by atoms with Crippen LogP contribution in [0, 0.1) is 18.3 Å². The van der Waals surface area contributed by atoms with Crippen LogP contribution < -0.4 is 10.1 Å². The third-order valence-corrected chi connectivity index (χ3v) is 3.75. The van der Waals surface area contributed by atoms with E-state index in [1.807, 2.05) is 13.0 Å². The molecular weight excluding hydrogens is 328 g/mol. The van der Waals surface area contributed by atoms with Crippen LogP contribution in [0.5, 0.6) is 11.5 Å². The molecule has 0 radical (unpaired) electrons. The summed E-state index contributed by atoms with van der Waals surface area (Å²) in [6.45, 7) is 1.85. The lowest BCUT2D eigenvalue weighted by atomic mass is 10.1. The molecule has 2 aromatic rings. The lowest BCUT2D eigenvalue weighted by Crippen LogP contribution is -2.13. The van der Waals surface area contributed by atoms with Crippen LogP contribution >= 0.6 is 11.6 Å². The van der Waals surface area contributed by atoms with Gasteiger partial charge in [0.05, 0.1) is 7.11 Å². The number of aromatic hydroxyl groups is 1. The summed E-state index contributed by atoms with van der Waals surface area (Å²) in [6.07, 6.45) is 1.29. The molecule has 0 spiro atoms. The number of nitriles is 1. The van der Waals surface area contributed by atoms with Gasteiger partial charge in [-0.3, -0.25) is 4.79 Å². The van der Waals surface area contributed by atoms with Gasteiger partial charge < -0.3 is 15.2 Å². The number of carbonyl (C=O) groups excluding carboxylic acids is 1. The highest BCUT2D eigenvalue weighted by atomic mass is 35.5. The third-order valence-electron chi connectivity index (χ3n) is 3.34. The predicted octanol–water partition coefficient (Wildman–Crippen LogP) is 3.91. The second-order valence-electron chi connectivity index (χ2n) is 4.99. The molecule has 0 fully saturated rings. The Bertz CT molecular complexity index is 854. The van der Waals surface area contributed by atoms with Crippen molar-refractivity contribution in [3.05, 3.63) is 58.1 Å². The Morgan fingerprint density at radius 2 is 2.12 bits per heavy atom. The molecule has 0 atom stereocenters. The minimum atomic E-state index is -0.598. The minimum Gasteiger partial charge on any atom is -0.504 e. The number of aryl methyl sites for hydroxylation is 1. The number of halogens is 1. The van der Waals surface area contributed by atoms with Crippen molar-refractivity contribution >= 4 is 29.3 Å². The van der Waals surface area contributed by atoms with E-state index >= 15 is 0 Å². The van der Waals surface area contributed by atoms with Crippen LogP contribution in [0.2, 0.25) is 5.02 Å². The van der Waals surface area contributed by atoms with Crippen molar-refractivity contribution in [3.8, 4) is 17.6 Å². The Hall–Kier alpha value is -2.97. The first-order chi connectivity index (χ1) is 11.5. The highest BCUT2D eigenvalue weighted by Crippen LogP contribution is 2.31. The van der Waals surface area contributed by atoms with Crippen LogP contribution in [-0.4, -0.2) is 18.1 Å². The maximum absolute atomic E-state index is 12.3. The Kier molecular flexibility index (Phi) is 5.46. The number of anilines is 1. The molecule has 24 heavy (non-hydrogen) atoms. The summed E-state index contributed by atoms with van der Waals surface area (Å²) in [4.78, 5) is 12.3. The fourth-order valence-corrected chi connectivity index (χ4v) is 2.17. The van der Waals surface area contributed by atoms with Crippen LogP contribution in [0.3, 0.4) is 0 Å². The van der Waals surface area contributed by atoms with Crippen LogP contribution in [0.4, 0.5) is 5.69 Å². The lowest BCUT2D eigenvalue weighted by Gasteiger charge is -2.08. The molecule has 2 aromatic carbocycles. The van der Waals surface area contributed by atoms with Crippen molar-refractivity contribution in [1.82, 2.24) is 0 Å². The van der Waals surface area contributed by atoms with E-state index in [0.29, 0.717) is 16.3 Å². The van der Waals surface area contributed by atoms with Crippen LogP contribution in [0.1, 0.15) is 11.1 Å². The van der Waals surface area contributed by atoms with Gasteiger partial charge in [-0.15, -0.1) is 0 Å². The number of nitrogens with zero attached hydrogens (tertiary/aromatic N) is 1. The van der Waals surface area contributed by atoms with E-state index in [9.17, 15) is 15.2 Å². The van der Waals surface area contributed by atoms with E-state index in [1.165, 1.54) is 13.2 Å². The number of carbonyl (C=O) groups is 1. The van der Waals surface area contributed by atoms with Crippen molar-refractivity contribution in [2.75, 3.05) is 12.4 Å². The number of rotatable bonds is 4. The second kappa shape index (κ2) is 7.53. The Labute approximate surface area is 144 Å². The highest BCUT2D eigenvalue weighted by Gasteiger charge is 2.13. The number of ether oxygens (including phenoxy) is 1. The molecule has 6 heteroatoms. The zero-order valence-electron chi connectivity index (χ0n) is 13.1. The molecule has 0 aliphatic rings. The van der Waals surface area contributed by atoms with Crippen molar-refractivity contribution in [2.45, 2.75) is 6.92 Å². The number of benzene rings is 2. The van der Waals surface area contributed by atoms with Gasteiger partial charge in [0, 0.05) is 16.3 Å². The van der Waals surface area contributed by atoms with Crippen LogP contribution in [-0.2, 0) is 4.79 Å². The van der Waals surface area contributed by atoms with Crippen molar-refractivity contribution < 1.29 is 14.6 Å². The van der Waals surface area contributed by atoms with Gasteiger partial charge in [-0.25, -0.2) is 0 Å². The fraction of sp³-hybridized carbons (Fsp3) is 0.111. The Morgan fingerprint density at radius 3 is 2.75 bits per heavy atom. The smallest absolute Gasteiger partial charge is 0.266 e. The van der Waals surface area contributed by atoms with Gasteiger partial charge in [-0.2, -0.15) is 5.26 Å². The molecule has 2 rings (SSSR count). The van der Waals surface area contributed by atoms with Crippen LogP contribution in [0.15, 0.2) is 42.0 Å². The quantitative estimate of drug-likeness (QED) is 0.652. The maximum Gasteiger partial charge on any atom is 0.266 e. The average Bonchev–Trinajstić information content (AvgIpc) is 2.57. The molecular formula is C18H15ClN2O3. The molecule has 1 amide bonds. The summed E-state index contributed by atoms with van der Waals surface area (Å²) in [6, 6.07) is 11.7. The number of methoxy groups -OCH3 is 1.